The van der Waals surface area contributed by atoms with E-state index in [4.69, 9.17) is 0 Å². The lowest BCUT2D eigenvalue weighted by atomic mass is 10.0. The Kier molecular flexibility index (Phi) is 4.24. The molecule has 5 rings (SSSR count). The second-order valence-corrected chi connectivity index (χ2v) is 7.90. The van der Waals surface area contributed by atoms with Gasteiger partial charge in [-0.25, -0.2) is 0 Å². The lowest BCUT2D eigenvalue weighted by Crippen LogP contribution is -2.34. The van der Waals surface area contributed by atoms with Crippen molar-refractivity contribution in [3.63, 3.8) is 0 Å². The van der Waals surface area contributed by atoms with E-state index in [-0.39, 0.29) is 5.56 Å². The molecule has 0 N–H and O–H groups in total. The van der Waals surface area contributed by atoms with E-state index in [1.165, 1.54) is 41.5 Å². The molecule has 2 aromatic carbocycles. The summed E-state index contributed by atoms with van der Waals surface area (Å²) in [5.41, 5.74) is 4.30. The van der Waals surface area contributed by atoms with Crippen LogP contribution in [0.5, 0.6) is 0 Å². The maximum absolute atomic E-state index is 11.9. The van der Waals surface area contributed by atoms with Crippen molar-refractivity contribution in [2.45, 2.75) is 12.5 Å². The zero-order valence-electron chi connectivity index (χ0n) is 16.0. The minimum atomic E-state index is -0.124. The molecular formula is C23H24N4O. The van der Waals surface area contributed by atoms with Crippen molar-refractivity contribution in [1.82, 2.24) is 14.7 Å². The van der Waals surface area contributed by atoms with Gasteiger partial charge in [-0.05, 0) is 60.8 Å². The van der Waals surface area contributed by atoms with Gasteiger partial charge >= 0.3 is 0 Å². The van der Waals surface area contributed by atoms with Gasteiger partial charge in [-0.15, -0.1) is 0 Å². The number of benzene rings is 2. The second kappa shape index (κ2) is 6.91. The molecule has 2 fully saturated rings. The molecule has 1 aromatic heterocycles. The molecule has 2 aliphatic rings. The van der Waals surface area contributed by atoms with Crippen LogP contribution >= 0.6 is 0 Å². The van der Waals surface area contributed by atoms with Gasteiger partial charge in [0.15, 0.2) is 0 Å². The van der Waals surface area contributed by atoms with E-state index in [1.54, 1.807) is 12.3 Å². The predicted molar refractivity (Wildman–Crippen MR) is 112 cm³/mol. The smallest absolute Gasteiger partial charge is 0.271 e. The number of rotatable bonds is 3. The van der Waals surface area contributed by atoms with E-state index >= 15 is 0 Å². The molecule has 28 heavy (non-hydrogen) atoms. The molecule has 5 nitrogen and oxygen atoms in total. The molecule has 142 valence electrons. The lowest BCUT2D eigenvalue weighted by molar-refractivity contribution is 0.386. The third-order valence-corrected chi connectivity index (χ3v) is 6.09. The molecule has 0 bridgehead atoms. The number of aromatic nitrogens is 2. The molecule has 0 aliphatic carbocycles. The van der Waals surface area contributed by atoms with E-state index in [1.807, 2.05) is 24.3 Å². The fourth-order valence-electron chi connectivity index (χ4n) is 4.69. The van der Waals surface area contributed by atoms with Gasteiger partial charge in [-0.3, -0.25) is 4.79 Å². The first kappa shape index (κ1) is 17.2. The molecule has 2 atom stereocenters. The number of nitrogens with zero attached hydrogens (tertiary/aromatic N) is 4. The summed E-state index contributed by atoms with van der Waals surface area (Å²) in [5.74, 6) is 0.812. The molecule has 0 radical (unpaired) electrons. The number of hydrogen-bond donors (Lipinski definition) is 0. The third-order valence-electron chi connectivity index (χ3n) is 6.09. The maximum Gasteiger partial charge on any atom is 0.271 e. The number of likely N-dealkylation sites (N-methyl/N-ethyl adjacent to an activating group) is 1. The highest BCUT2D eigenvalue weighted by molar-refractivity contribution is 5.67. The Balaban J connectivity index is 1.36. The first-order chi connectivity index (χ1) is 13.7. The summed E-state index contributed by atoms with van der Waals surface area (Å²) in [6.45, 7) is 3.56. The summed E-state index contributed by atoms with van der Waals surface area (Å²) in [6.07, 6.45) is 2.92. The van der Waals surface area contributed by atoms with Gasteiger partial charge in [0.25, 0.3) is 5.56 Å². The summed E-state index contributed by atoms with van der Waals surface area (Å²) in [6, 6.07) is 20.7. The van der Waals surface area contributed by atoms with Crippen LogP contribution in [-0.4, -0.2) is 47.4 Å². The van der Waals surface area contributed by atoms with Crippen molar-refractivity contribution in [3.05, 3.63) is 77.2 Å². The van der Waals surface area contributed by atoms with Gasteiger partial charge < -0.3 is 9.80 Å². The first-order valence-electron chi connectivity index (χ1n) is 9.89. The Morgan fingerprint density at radius 1 is 0.893 bits per heavy atom. The van der Waals surface area contributed by atoms with Crippen LogP contribution in [-0.2, 0) is 0 Å². The molecule has 5 heteroatoms. The average molecular weight is 372 g/mol. The third kappa shape index (κ3) is 3.02. The first-order valence-corrected chi connectivity index (χ1v) is 9.89. The van der Waals surface area contributed by atoms with Gasteiger partial charge in [0, 0.05) is 43.6 Å². The van der Waals surface area contributed by atoms with E-state index < -0.39 is 0 Å². The number of hydrogen-bond acceptors (Lipinski definition) is 4. The number of likely N-dealkylation sites (tertiary alicyclic amines) is 1. The monoisotopic (exact) mass is 372 g/mol. The van der Waals surface area contributed by atoms with Crippen molar-refractivity contribution < 1.29 is 0 Å². The van der Waals surface area contributed by atoms with Crippen molar-refractivity contribution >= 4 is 5.69 Å². The maximum atomic E-state index is 11.9. The van der Waals surface area contributed by atoms with Crippen LogP contribution in [0.2, 0.25) is 0 Å². The summed E-state index contributed by atoms with van der Waals surface area (Å²) in [5, 5.41) is 4.13. The van der Waals surface area contributed by atoms with Crippen molar-refractivity contribution in [2.24, 2.45) is 5.92 Å². The van der Waals surface area contributed by atoms with Crippen LogP contribution in [0.3, 0.4) is 0 Å². The van der Waals surface area contributed by atoms with E-state index in [2.05, 4.69) is 46.2 Å². The fourth-order valence-corrected chi connectivity index (χ4v) is 4.69. The van der Waals surface area contributed by atoms with E-state index in [9.17, 15) is 4.79 Å². The van der Waals surface area contributed by atoms with Crippen LogP contribution in [0.4, 0.5) is 5.69 Å². The Hall–Kier alpha value is -2.92. The Labute approximate surface area is 164 Å². The second-order valence-electron chi connectivity index (χ2n) is 7.90. The molecule has 3 aromatic rings. The van der Waals surface area contributed by atoms with Gasteiger partial charge in [0.05, 0.1) is 5.69 Å². The summed E-state index contributed by atoms with van der Waals surface area (Å²) >= 11 is 0. The topological polar surface area (TPSA) is 41.4 Å². The number of fused-ring (bicyclic) bond motifs is 1. The largest absolute Gasteiger partial charge is 0.367 e. The summed E-state index contributed by atoms with van der Waals surface area (Å²) < 4.78 is 1.41. The molecule has 2 unspecified atom stereocenters. The molecule has 0 saturated carbocycles. The van der Waals surface area contributed by atoms with E-state index in [0.29, 0.717) is 6.04 Å². The summed E-state index contributed by atoms with van der Waals surface area (Å²) in [4.78, 5) is 17.0. The van der Waals surface area contributed by atoms with Crippen molar-refractivity contribution in [2.75, 3.05) is 31.6 Å². The minimum Gasteiger partial charge on any atom is -0.367 e. The van der Waals surface area contributed by atoms with Crippen LogP contribution in [0, 0.1) is 5.92 Å². The highest BCUT2D eigenvalue weighted by Crippen LogP contribution is 2.35. The Morgan fingerprint density at radius 3 is 2.25 bits per heavy atom. The normalized spacial score (nSPS) is 21.8. The molecular weight excluding hydrogens is 348 g/mol. The van der Waals surface area contributed by atoms with Gasteiger partial charge in [0.1, 0.15) is 0 Å². The van der Waals surface area contributed by atoms with Crippen LogP contribution < -0.4 is 10.5 Å². The van der Waals surface area contributed by atoms with Gasteiger partial charge in [0.2, 0.25) is 0 Å². The standard InChI is InChI=1S/C23H24N4O/c1-25-15-19-12-14-26(22(19)16-25)20-8-4-17(5-9-20)18-6-10-21(11-7-18)27-23(28)3-2-13-24-27/h2-11,13,19,22H,12,14-16H2,1H3. The van der Waals surface area contributed by atoms with Crippen LogP contribution in [0.1, 0.15) is 6.42 Å². The van der Waals surface area contributed by atoms with Crippen molar-refractivity contribution in [3.8, 4) is 16.8 Å². The SMILES string of the molecule is CN1CC2CCN(c3ccc(-c4ccc(-n5ncccc5=O)cc4)cc3)C2C1. The fraction of sp³-hybridized carbons (Fsp3) is 0.304. The van der Waals surface area contributed by atoms with Crippen LogP contribution in [0.15, 0.2) is 71.7 Å². The van der Waals surface area contributed by atoms with E-state index in [0.717, 1.165) is 23.7 Å². The number of anilines is 1. The Morgan fingerprint density at radius 2 is 1.57 bits per heavy atom. The molecule has 2 aliphatic heterocycles. The average Bonchev–Trinajstić information content (AvgIpc) is 3.28. The quantitative estimate of drug-likeness (QED) is 0.709. The Bertz CT molecular complexity index is 1030. The van der Waals surface area contributed by atoms with Crippen molar-refractivity contribution in [1.29, 1.82) is 0 Å². The zero-order valence-corrected chi connectivity index (χ0v) is 16.0. The lowest BCUT2D eigenvalue weighted by Gasteiger charge is -2.26. The zero-order chi connectivity index (χ0) is 19.1. The summed E-state index contributed by atoms with van der Waals surface area (Å²) in [7, 11) is 2.22. The van der Waals surface area contributed by atoms with Gasteiger partial charge in [-0.2, -0.15) is 9.78 Å². The van der Waals surface area contributed by atoms with Gasteiger partial charge in [-0.1, -0.05) is 24.3 Å². The molecule has 3 heterocycles. The minimum absolute atomic E-state index is 0.124. The highest BCUT2D eigenvalue weighted by atomic mass is 16.1. The molecule has 2 saturated heterocycles. The molecule has 0 spiro atoms. The van der Waals surface area contributed by atoms with Crippen LogP contribution in [0.25, 0.3) is 16.8 Å². The molecule has 0 amide bonds. The predicted octanol–water partition coefficient (Wildman–Crippen LogP) is 3.04. The highest BCUT2D eigenvalue weighted by Gasteiger charge is 2.39.